The lowest BCUT2D eigenvalue weighted by molar-refractivity contribution is -0.119. The van der Waals surface area contributed by atoms with E-state index in [-0.39, 0.29) is 17.9 Å². The first-order valence-electron chi connectivity index (χ1n) is 5.59. The Bertz CT molecular complexity index is 382. The van der Waals surface area contributed by atoms with Crippen molar-refractivity contribution in [2.24, 2.45) is 5.73 Å². The minimum Gasteiger partial charge on any atom is -0.327 e. The molecule has 0 bridgehead atoms. The van der Waals surface area contributed by atoms with Crippen LogP contribution in [0.2, 0.25) is 0 Å². The topological polar surface area (TPSA) is 84.2 Å². The highest BCUT2D eigenvalue weighted by Gasteiger charge is 2.08. The Balaban J connectivity index is 2.15. The number of carbonyl (C=O) groups is 2. The molecule has 18 heavy (non-hydrogen) atoms. The summed E-state index contributed by atoms with van der Waals surface area (Å²) < 4.78 is 0. The van der Waals surface area contributed by atoms with E-state index in [0.717, 1.165) is 12.2 Å². The summed E-state index contributed by atoms with van der Waals surface area (Å²) in [5.41, 5.74) is 10.5. The van der Waals surface area contributed by atoms with Crippen molar-refractivity contribution in [1.82, 2.24) is 10.9 Å². The number of thiophene rings is 1. The molecule has 1 aromatic heterocycles. The first-order chi connectivity index (χ1) is 8.63. The zero-order valence-corrected chi connectivity index (χ0v) is 11.8. The van der Waals surface area contributed by atoms with Crippen LogP contribution < -0.4 is 16.6 Å². The molecule has 4 N–H and O–H groups in total. The highest BCUT2D eigenvalue weighted by Crippen LogP contribution is 2.07. The first kappa shape index (κ1) is 15.0. The van der Waals surface area contributed by atoms with Gasteiger partial charge in [0.15, 0.2) is 0 Å². The van der Waals surface area contributed by atoms with Gasteiger partial charge in [0.25, 0.3) is 5.91 Å². The van der Waals surface area contributed by atoms with Crippen LogP contribution in [-0.4, -0.2) is 29.4 Å². The van der Waals surface area contributed by atoms with Gasteiger partial charge < -0.3 is 5.73 Å². The van der Waals surface area contributed by atoms with Crippen LogP contribution in [0.4, 0.5) is 0 Å². The maximum atomic E-state index is 11.5. The largest absolute Gasteiger partial charge is 0.327 e. The molecule has 5 nitrogen and oxygen atoms in total. The van der Waals surface area contributed by atoms with E-state index in [1.54, 1.807) is 17.5 Å². The van der Waals surface area contributed by atoms with E-state index in [1.807, 2.05) is 6.92 Å². The lowest BCUT2D eigenvalue weighted by atomic mass is 10.3. The number of rotatable bonds is 6. The van der Waals surface area contributed by atoms with E-state index in [4.69, 9.17) is 5.73 Å². The molecule has 1 heterocycles. The third-order valence-corrected chi connectivity index (χ3v) is 4.15. The number of thioether (sulfide) groups is 1. The van der Waals surface area contributed by atoms with Crippen molar-refractivity contribution in [3.05, 3.63) is 22.4 Å². The molecule has 2 amide bonds. The van der Waals surface area contributed by atoms with Crippen LogP contribution in [0.5, 0.6) is 0 Å². The Hall–Kier alpha value is -1.05. The van der Waals surface area contributed by atoms with Gasteiger partial charge in [0.1, 0.15) is 0 Å². The number of hydrazine groups is 1. The average molecular weight is 287 g/mol. The molecule has 0 aliphatic heterocycles. The van der Waals surface area contributed by atoms with Gasteiger partial charge in [0, 0.05) is 11.8 Å². The average Bonchev–Trinajstić information content (AvgIpc) is 2.89. The molecule has 0 spiro atoms. The molecule has 1 rings (SSSR count). The van der Waals surface area contributed by atoms with Crippen LogP contribution in [0.15, 0.2) is 17.5 Å². The van der Waals surface area contributed by atoms with E-state index >= 15 is 0 Å². The lowest BCUT2D eigenvalue weighted by Gasteiger charge is -2.08. The van der Waals surface area contributed by atoms with Crippen LogP contribution in [-0.2, 0) is 4.79 Å². The minimum atomic E-state index is -0.298. The van der Waals surface area contributed by atoms with E-state index in [2.05, 4.69) is 10.9 Å². The van der Waals surface area contributed by atoms with E-state index < -0.39 is 0 Å². The Morgan fingerprint density at radius 3 is 2.89 bits per heavy atom. The summed E-state index contributed by atoms with van der Waals surface area (Å²) in [6, 6.07) is 3.59. The monoisotopic (exact) mass is 287 g/mol. The zero-order valence-electron chi connectivity index (χ0n) is 10.1. The lowest BCUT2D eigenvalue weighted by Crippen LogP contribution is -2.42. The summed E-state index contributed by atoms with van der Waals surface area (Å²) in [6.07, 6.45) is 0.893. The number of carbonyl (C=O) groups excluding carboxylic acids is 2. The fraction of sp³-hybridized carbons (Fsp3) is 0.455. The number of hydrogen-bond acceptors (Lipinski definition) is 5. The Labute approximate surface area is 114 Å². The van der Waals surface area contributed by atoms with Crippen LogP contribution in [0.3, 0.4) is 0 Å². The molecule has 0 fully saturated rings. The van der Waals surface area contributed by atoms with Crippen molar-refractivity contribution in [2.45, 2.75) is 19.4 Å². The first-order valence-corrected chi connectivity index (χ1v) is 7.63. The molecule has 1 aromatic rings. The van der Waals surface area contributed by atoms with Crippen molar-refractivity contribution >= 4 is 34.9 Å². The maximum Gasteiger partial charge on any atom is 0.279 e. The summed E-state index contributed by atoms with van der Waals surface area (Å²) in [7, 11) is 0. The molecule has 0 aliphatic rings. The smallest absolute Gasteiger partial charge is 0.279 e. The fourth-order valence-corrected chi connectivity index (χ4v) is 2.59. The maximum absolute atomic E-state index is 11.5. The molecule has 0 saturated carbocycles. The number of amides is 2. The second kappa shape index (κ2) is 8.12. The number of hydrogen-bond donors (Lipinski definition) is 3. The second-order valence-electron chi connectivity index (χ2n) is 3.66. The molecule has 100 valence electrons. The van der Waals surface area contributed by atoms with Crippen LogP contribution in [0, 0.1) is 0 Å². The summed E-state index contributed by atoms with van der Waals surface area (Å²) in [5.74, 6) is 0.503. The normalized spacial score (nSPS) is 11.9. The van der Waals surface area contributed by atoms with Gasteiger partial charge in [-0.15, -0.1) is 11.3 Å². The fourth-order valence-electron chi connectivity index (χ4n) is 1.05. The summed E-state index contributed by atoms with van der Waals surface area (Å²) in [4.78, 5) is 23.5. The zero-order chi connectivity index (χ0) is 13.4. The quantitative estimate of drug-likeness (QED) is 0.681. The van der Waals surface area contributed by atoms with Gasteiger partial charge in [-0.25, -0.2) is 0 Å². The SMILES string of the molecule is CCC(N)CSCC(=O)NNC(=O)c1cccs1. The van der Waals surface area contributed by atoms with E-state index in [0.29, 0.717) is 10.6 Å². The second-order valence-corrected chi connectivity index (χ2v) is 5.64. The standard InChI is InChI=1S/C11H17N3O2S2/c1-2-8(12)6-17-7-10(15)13-14-11(16)9-4-3-5-18-9/h3-5,8H,2,6-7,12H2,1H3,(H,13,15)(H,14,16). The molecular weight excluding hydrogens is 270 g/mol. The molecule has 1 unspecified atom stereocenters. The number of nitrogens with one attached hydrogen (secondary N) is 2. The molecule has 0 radical (unpaired) electrons. The van der Waals surface area contributed by atoms with Crippen molar-refractivity contribution in [3.8, 4) is 0 Å². The summed E-state index contributed by atoms with van der Waals surface area (Å²) in [6.45, 7) is 2.01. The van der Waals surface area contributed by atoms with Gasteiger partial charge >= 0.3 is 0 Å². The van der Waals surface area contributed by atoms with E-state index in [1.165, 1.54) is 23.1 Å². The molecule has 0 aromatic carbocycles. The minimum absolute atomic E-state index is 0.114. The van der Waals surface area contributed by atoms with Crippen molar-refractivity contribution in [2.75, 3.05) is 11.5 Å². The van der Waals surface area contributed by atoms with Crippen LogP contribution >= 0.6 is 23.1 Å². The molecule has 0 saturated heterocycles. The van der Waals surface area contributed by atoms with Crippen LogP contribution in [0.25, 0.3) is 0 Å². The van der Waals surface area contributed by atoms with Crippen molar-refractivity contribution in [3.63, 3.8) is 0 Å². The highest BCUT2D eigenvalue weighted by molar-refractivity contribution is 7.99. The molecular formula is C11H17N3O2S2. The predicted octanol–water partition coefficient (Wildman–Crippen LogP) is 0.980. The van der Waals surface area contributed by atoms with Crippen molar-refractivity contribution in [1.29, 1.82) is 0 Å². The Kier molecular flexibility index (Phi) is 6.77. The highest BCUT2D eigenvalue weighted by atomic mass is 32.2. The molecule has 0 aliphatic carbocycles. The third kappa shape index (κ3) is 5.52. The van der Waals surface area contributed by atoms with Crippen molar-refractivity contribution < 1.29 is 9.59 Å². The molecule has 1 atom stereocenters. The van der Waals surface area contributed by atoms with Gasteiger partial charge in [-0.2, -0.15) is 11.8 Å². The van der Waals surface area contributed by atoms with Gasteiger partial charge in [-0.05, 0) is 17.9 Å². The Morgan fingerprint density at radius 2 is 2.28 bits per heavy atom. The summed E-state index contributed by atoms with van der Waals surface area (Å²) in [5, 5.41) is 1.80. The van der Waals surface area contributed by atoms with Gasteiger partial charge in [-0.1, -0.05) is 13.0 Å². The van der Waals surface area contributed by atoms with E-state index in [9.17, 15) is 9.59 Å². The summed E-state index contributed by atoms with van der Waals surface area (Å²) >= 11 is 2.78. The predicted molar refractivity (Wildman–Crippen MR) is 75.5 cm³/mol. The molecule has 7 heteroatoms. The van der Waals surface area contributed by atoms with Crippen LogP contribution in [0.1, 0.15) is 23.0 Å². The third-order valence-electron chi connectivity index (χ3n) is 2.15. The van der Waals surface area contributed by atoms with Gasteiger partial charge in [0.05, 0.1) is 10.6 Å². The number of nitrogens with two attached hydrogens (primary N) is 1. The van der Waals surface area contributed by atoms with Gasteiger partial charge in [0.2, 0.25) is 5.91 Å². The Morgan fingerprint density at radius 1 is 1.50 bits per heavy atom. The van der Waals surface area contributed by atoms with Gasteiger partial charge in [-0.3, -0.25) is 20.4 Å².